The summed E-state index contributed by atoms with van der Waals surface area (Å²) in [5, 5.41) is 8.17. The Balaban J connectivity index is 1.47. The first-order chi connectivity index (χ1) is 13.6. The fourth-order valence-corrected chi connectivity index (χ4v) is 3.82. The molecule has 0 bridgehead atoms. The van der Waals surface area contributed by atoms with Gasteiger partial charge in [0.2, 0.25) is 5.91 Å². The molecule has 0 aromatic carbocycles. The zero-order chi connectivity index (χ0) is 19.5. The zero-order valence-electron chi connectivity index (χ0n) is 16.2. The molecule has 28 heavy (non-hydrogen) atoms. The Morgan fingerprint density at radius 3 is 2.96 bits per heavy atom. The highest BCUT2D eigenvalue weighted by molar-refractivity contribution is 5.77. The SMILES string of the molecule is Cc1noc(C)c1-c1nccc([C@H]2CCCN2C(=O)CCCn2cccn2)n1. The maximum Gasteiger partial charge on any atom is 0.223 e. The maximum atomic E-state index is 12.8. The third kappa shape index (κ3) is 3.67. The van der Waals surface area contributed by atoms with Gasteiger partial charge in [0.05, 0.1) is 23.0 Å². The first-order valence-corrected chi connectivity index (χ1v) is 9.66. The number of hydrogen-bond donors (Lipinski definition) is 0. The first kappa shape index (κ1) is 18.3. The number of amides is 1. The fourth-order valence-electron chi connectivity index (χ4n) is 3.82. The highest BCUT2D eigenvalue weighted by Crippen LogP contribution is 2.33. The van der Waals surface area contributed by atoms with E-state index >= 15 is 0 Å². The van der Waals surface area contributed by atoms with Crippen LogP contribution in [0.1, 0.15) is 48.9 Å². The topological polar surface area (TPSA) is 89.9 Å². The third-order valence-corrected chi connectivity index (χ3v) is 5.19. The Kier molecular flexibility index (Phi) is 5.18. The van der Waals surface area contributed by atoms with Crippen molar-refractivity contribution in [2.45, 2.75) is 52.1 Å². The van der Waals surface area contributed by atoms with E-state index in [0.29, 0.717) is 18.0 Å². The second-order valence-corrected chi connectivity index (χ2v) is 7.12. The predicted molar refractivity (Wildman–Crippen MR) is 102 cm³/mol. The Hall–Kier alpha value is -3.03. The van der Waals surface area contributed by atoms with Crippen molar-refractivity contribution in [2.75, 3.05) is 6.54 Å². The largest absolute Gasteiger partial charge is 0.361 e. The Morgan fingerprint density at radius 2 is 2.21 bits per heavy atom. The van der Waals surface area contributed by atoms with Crippen LogP contribution in [0, 0.1) is 13.8 Å². The standard InChI is InChI=1S/C20H24N6O2/c1-14-19(15(2)28-24-14)20-21-10-8-16(23-20)17-6-3-13-26(17)18(27)7-4-11-25-12-5-9-22-25/h5,8-10,12,17H,3-4,6-7,11,13H2,1-2H3/t17-/m1/s1. The van der Waals surface area contributed by atoms with Gasteiger partial charge in [-0.3, -0.25) is 9.48 Å². The molecule has 8 nitrogen and oxygen atoms in total. The van der Waals surface area contributed by atoms with Crippen molar-refractivity contribution in [3.63, 3.8) is 0 Å². The monoisotopic (exact) mass is 380 g/mol. The van der Waals surface area contributed by atoms with Gasteiger partial charge in [0.15, 0.2) is 5.82 Å². The van der Waals surface area contributed by atoms with Gasteiger partial charge in [0.1, 0.15) is 5.76 Å². The molecular weight excluding hydrogens is 356 g/mol. The van der Waals surface area contributed by atoms with Crippen LogP contribution in [0.15, 0.2) is 35.2 Å². The molecule has 1 aliphatic rings. The number of carbonyl (C=O) groups excluding carboxylic acids is 1. The molecule has 1 amide bonds. The molecule has 3 aromatic heterocycles. The van der Waals surface area contributed by atoms with E-state index < -0.39 is 0 Å². The normalized spacial score (nSPS) is 16.6. The minimum Gasteiger partial charge on any atom is -0.361 e. The van der Waals surface area contributed by atoms with Gasteiger partial charge in [-0.15, -0.1) is 0 Å². The van der Waals surface area contributed by atoms with Gasteiger partial charge in [-0.1, -0.05) is 5.16 Å². The average molecular weight is 380 g/mol. The smallest absolute Gasteiger partial charge is 0.223 e. The summed E-state index contributed by atoms with van der Waals surface area (Å²) in [6.07, 6.45) is 8.62. The summed E-state index contributed by atoms with van der Waals surface area (Å²) in [5.74, 6) is 1.48. The van der Waals surface area contributed by atoms with E-state index in [1.54, 1.807) is 12.4 Å². The summed E-state index contributed by atoms with van der Waals surface area (Å²) in [5.41, 5.74) is 2.48. The second kappa shape index (κ2) is 7.92. The van der Waals surface area contributed by atoms with Crippen LogP contribution in [-0.2, 0) is 11.3 Å². The Morgan fingerprint density at radius 1 is 1.32 bits per heavy atom. The quantitative estimate of drug-likeness (QED) is 0.653. The average Bonchev–Trinajstić information content (AvgIpc) is 3.43. The molecule has 146 valence electrons. The number of nitrogens with zero attached hydrogens (tertiary/aromatic N) is 6. The van der Waals surface area contributed by atoms with Gasteiger partial charge >= 0.3 is 0 Å². The van der Waals surface area contributed by atoms with E-state index in [4.69, 9.17) is 9.51 Å². The minimum atomic E-state index is -0.000532. The van der Waals surface area contributed by atoms with Crippen molar-refractivity contribution in [2.24, 2.45) is 0 Å². The van der Waals surface area contributed by atoms with Gasteiger partial charge in [-0.25, -0.2) is 9.97 Å². The molecule has 0 saturated carbocycles. The molecule has 0 unspecified atom stereocenters. The van der Waals surface area contributed by atoms with Gasteiger partial charge in [0.25, 0.3) is 0 Å². The fraction of sp³-hybridized carbons (Fsp3) is 0.450. The number of rotatable bonds is 6. The Bertz CT molecular complexity index is 930. The van der Waals surface area contributed by atoms with Crippen LogP contribution in [0.25, 0.3) is 11.4 Å². The lowest BCUT2D eigenvalue weighted by Crippen LogP contribution is -2.31. The van der Waals surface area contributed by atoms with Gasteiger partial charge in [-0.05, 0) is 45.2 Å². The minimum absolute atomic E-state index is 0.000532. The Labute approximate surface area is 163 Å². The van der Waals surface area contributed by atoms with Crippen molar-refractivity contribution in [1.29, 1.82) is 0 Å². The van der Waals surface area contributed by atoms with E-state index in [9.17, 15) is 4.79 Å². The second-order valence-electron chi connectivity index (χ2n) is 7.12. The number of likely N-dealkylation sites (tertiary alicyclic amines) is 1. The molecule has 4 rings (SSSR count). The number of aromatic nitrogens is 5. The van der Waals surface area contributed by atoms with Crippen molar-refractivity contribution in [3.05, 3.63) is 47.9 Å². The lowest BCUT2D eigenvalue weighted by atomic mass is 10.1. The molecule has 3 aromatic rings. The zero-order valence-corrected chi connectivity index (χ0v) is 16.2. The van der Waals surface area contributed by atoms with Crippen LogP contribution in [0.2, 0.25) is 0 Å². The summed E-state index contributed by atoms with van der Waals surface area (Å²) in [6.45, 7) is 5.26. The summed E-state index contributed by atoms with van der Waals surface area (Å²) in [7, 11) is 0. The van der Waals surface area contributed by atoms with Crippen molar-refractivity contribution in [1.82, 2.24) is 29.8 Å². The van der Waals surface area contributed by atoms with E-state index in [2.05, 4.69) is 15.2 Å². The van der Waals surface area contributed by atoms with Crippen molar-refractivity contribution >= 4 is 5.91 Å². The molecule has 0 N–H and O–H groups in total. The van der Waals surface area contributed by atoms with Gasteiger partial charge in [0, 0.05) is 38.1 Å². The van der Waals surface area contributed by atoms with Crippen LogP contribution in [0.4, 0.5) is 0 Å². The van der Waals surface area contributed by atoms with Crippen LogP contribution in [-0.4, -0.2) is 42.3 Å². The lowest BCUT2D eigenvalue weighted by molar-refractivity contribution is -0.132. The highest BCUT2D eigenvalue weighted by atomic mass is 16.5. The maximum absolute atomic E-state index is 12.8. The predicted octanol–water partition coefficient (Wildman–Crippen LogP) is 3.09. The lowest BCUT2D eigenvalue weighted by Gasteiger charge is -2.24. The number of aryl methyl sites for hydroxylation is 3. The molecule has 1 fully saturated rings. The van der Waals surface area contributed by atoms with Crippen LogP contribution in [0.5, 0.6) is 0 Å². The summed E-state index contributed by atoms with van der Waals surface area (Å²) >= 11 is 0. The molecule has 1 saturated heterocycles. The van der Waals surface area contributed by atoms with Crippen LogP contribution < -0.4 is 0 Å². The van der Waals surface area contributed by atoms with Gasteiger partial charge < -0.3 is 9.42 Å². The van der Waals surface area contributed by atoms with E-state index in [-0.39, 0.29) is 11.9 Å². The first-order valence-electron chi connectivity index (χ1n) is 9.66. The molecule has 4 heterocycles. The van der Waals surface area contributed by atoms with E-state index in [0.717, 1.165) is 49.3 Å². The molecule has 1 atom stereocenters. The van der Waals surface area contributed by atoms with Crippen LogP contribution >= 0.6 is 0 Å². The summed E-state index contributed by atoms with van der Waals surface area (Å²) in [4.78, 5) is 23.9. The van der Waals surface area contributed by atoms with Crippen molar-refractivity contribution < 1.29 is 9.32 Å². The molecule has 0 spiro atoms. The van der Waals surface area contributed by atoms with Crippen LogP contribution in [0.3, 0.4) is 0 Å². The third-order valence-electron chi connectivity index (χ3n) is 5.19. The molecule has 8 heteroatoms. The van der Waals surface area contributed by atoms with Gasteiger partial charge in [-0.2, -0.15) is 5.10 Å². The molecule has 0 aliphatic carbocycles. The number of carbonyl (C=O) groups is 1. The van der Waals surface area contributed by atoms with E-state index in [1.165, 1.54) is 0 Å². The number of hydrogen-bond acceptors (Lipinski definition) is 6. The van der Waals surface area contributed by atoms with E-state index in [1.807, 2.05) is 41.8 Å². The molecule has 0 radical (unpaired) electrons. The highest BCUT2D eigenvalue weighted by Gasteiger charge is 2.31. The summed E-state index contributed by atoms with van der Waals surface area (Å²) in [6, 6.07) is 3.80. The summed E-state index contributed by atoms with van der Waals surface area (Å²) < 4.78 is 7.10. The molecule has 1 aliphatic heterocycles. The van der Waals surface area contributed by atoms with Crippen molar-refractivity contribution in [3.8, 4) is 11.4 Å². The molecular formula is C20H24N6O2.